The lowest BCUT2D eigenvalue weighted by molar-refractivity contribution is 0.0991. The van der Waals surface area contributed by atoms with Gasteiger partial charge in [-0.1, -0.05) is 18.6 Å². The van der Waals surface area contributed by atoms with Gasteiger partial charge >= 0.3 is 0 Å². The van der Waals surface area contributed by atoms with E-state index in [4.69, 9.17) is 5.73 Å². The zero-order valence-corrected chi connectivity index (χ0v) is 11.6. The van der Waals surface area contributed by atoms with E-state index in [9.17, 15) is 4.79 Å². The van der Waals surface area contributed by atoms with Crippen molar-refractivity contribution >= 4 is 11.5 Å². The summed E-state index contributed by atoms with van der Waals surface area (Å²) in [5, 5.41) is 4.35. The van der Waals surface area contributed by atoms with Crippen molar-refractivity contribution in [1.82, 2.24) is 9.78 Å². The zero-order chi connectivity index (χ0) is 14.0. The molecule has 0 saturated carbocycles. The fourth-order valence-corrected chi connectivity index (χ4v) is 2.08. The van der Waals surface area contributed by atoms with Gasteiger partial charge in [0.25, 0.3) is 0 Å². The van der Waals surface area contributed by atoms with Crippen molar-refractivity contribution in [2.75, 3.05) is 5.73 Å². The molecule has 0 aliphatic heterocycles. The number of aromatic nitrogens is 2. The van der Waals surface area contributed by atoms with Gasteiger partial charge in [0.05, 0.1) is 12.1 Å². The van der Waals surface area contributed by atoms with Gasteiger partial charge in [-0.3, -0.25) is 9.48 Å². The Hall–Kier alpha value is -2.10. The monoisotopic (exact) mass is 257 g/mol. The molecule has 0 saturated heterocycles. The second-order valence-electron chi connectivity index (χ2n) is 4.79. The smallest absolute Gasteiger partial charge is 0.170 e. The second-order valence-corrected chi connectivity index (χ2v) is 4.79. The predicted octanol–water partition coefficient (Wildman–Crippen LogP) is 2.30. The summed E-state index contributed by atoms with van der Waals surface area (Å²) in [6, 6.07) is 7.51. The molecular weight excluding hydrogens is 238 g/mol. The van der Waals surface area contributed by atoms with Crippen LogP contribution in [-0.2, 0) is 19.9 Å². The summed E-state index contributed by atoms with van der Waals surface area (Å²) in [7, 11) is 1.86. The molecule has 1 aromatic heterocycles. The normalized spacial score (nSPS) is 10.7. The summed E-state index contributed by atoms with van der Waals surface area (Å²) < 4.78 is 1.77. The first kappa shape index (κ1) is 13.3. The topological polar surface area (TPSA) is 60.9 Å². The third-order valence-electron chi connectivity index (χ3n) is 3.24. The molecule has 19 heavy (non-hydrogen) atoms. The molecule has 2 rings (SSSR count). The first-order chi connectivity index (χ1) is 9.01. The van der Waals surface area contributed by atoms with Gasteiger partial charge in [-0.15, -0.1) is 0 Å². The van der Waals surface area contributed by atoms with E-state index in [1.807, 2.05) is 39.1 Å². The number of nitrogens with zero attached hydrogens (tertiary/aromatic N) is 2. The zero-order valence-electron chi connectivity index (χ0n) is 11.6. The van der Waals surface area contributed by atoms with Crippen molar-refractivity contribution in [2.24, 2.45) is 7.05 Å². The van der Waals surface area contributed by atoms with Crippen molar-refractivity contribution < 1.29 is 4.79 Å². The summed E-state index contributed by atoms with van der Waals surface area (Å²) in [6.45, 7) is 4.00. The number of aryl methyl sites for hydroxylation is 3. The van der Waals surface area contributed by atoms with Crippen molar-refractivity contribution in [3.8, 4) is 0 Å². The molecule has 0 bridgehead atoms. The third-order valence-corrected chi connectivity index (χ3v) is 3.24. The Morgan fingerprint density at radius 2 is 2.11 bits per heavy atom. The lowest BCUT2D eigenvalue weighted by Gasteiger charge is -2.06. The number of nitrogens with two attached hydrogens (primary N) is 1. The van der Waals surface area contributed by atoms with Crippen LogP contribution >= 0.6 is 0 Å². The minimum atomic E-state index is 0.0341. The average molecular weight is 257 g/mol. The first-order valence-electron chi connectivity index (χ1n) is 6.42. The molecular formula is C15H19N3O. The highest BCUT2D eigenvalue weighted by atomic mass is 16.1. The molecule has 0 amide bonds. The summed E-state index contributed by atoms with van der Waals surface area (Å²) in [4.78, 5) is 12.3. The van der Waals surface area contributed by atoms with Gasteiger partial charge in [0.1, 0.15) is 0 Å². The minimum Gasteiger partial charge on any atom is -0.398 e. The maximum Gasteiger partial charge on any atom is 0.170 e. The summed E-state index contributed by atoms with van der Waals surface area (Å²) >= 11 is 0. The van der Waals surface area contributed by atoms with Gasteiger partial charge < -0.3 is 5.73 Å². The van der Waals surface area contributed by atoms with Crippen LogP contribution in [0, 0.1) is 6.92 Å². The number of carbonyl (C=O) groups is 1. The third kappa shape index (κ3) is 2.84. The molecule has 1 aromatic carbocycles. The van der Waals surface area contributed by atoms with E-state index in [0.717, 1.165) is 23.4 Å². The van der Waals surface area contributed by atoms with Gasteiger partial charge in [0.2, 0.25) is 0 Å². The second kappa shape index (κ2) is 5.26. The standard InChI is InChI=1S/C15H19N3O/c1-4-11-8-12(18(3)17-11)9-15(19)13-7-10(2)5-6-14(13)16/h5-8H,4,9,16H2,1-3H3. The van der Waals surface area contributed by atoms with Gasteiger partial charge in [-0.25, -0.2) is 0 Å². The lowest BCUT2D eigenvalue weighted by atomic mass is 10.0. The predicted molar refractivity (Wildman–Crippen MR) is 76.2 cm³/mol. The number of hydrogen-bond donors (Lipinski definition) is 1. The molecule has 0 radical (unpaired) electrons. The lowest BCUT2D eigenvalue weighted by Crippen LogP contribution is -2.10. The molecule has 0 aliphatic carbocycles. The number of ketones is 1. The summed E-state index contributed by atoms with van der Waals surface area (Å²) in [6.07, 6.45) is 1.20. The van der Waals surface area contributed by atoms with Crippen LogP contribution in [0.5, 0.6) is 0 Å². The molecule has 0 fully saturated rings. The van der Waals surface area contributed by atoms with Crippen molar-refractivity contribution in [3.05, 3.63) is 46.8 Å². The Kier molecular flexibility index (Phi) is 3.69. The molecule has 0 spiro atoms. The van der Waals surface area contributed by atoms with Crippen LogP contribution in [0.2, 0.25) is 0 Å². The van der Waals surface area contributed by atoms with Crippen LogP contribution in [0.15, 0.2) is 24.3 Å². The quantitative estimate of drug-likeness (QED) is 0.675. The van der Waals surface area contributed by atoms with Crippen LogP contribution in [0.25, 0.3) is 0 Å². The molecule has 0 unspecified atom stereocenters. The molecule has 2 N–H and O–H groups in total. The van der Waals surface area contributed by atoms with E-state index in [0.29, 0.717) is 17.7 Å². The molecule has 4 nitrogen and oxygen atoms in total. The van der Waals surface area contributed by atoms with Gasteiger partial charge in [-0.2, -0.15) is 5.10 Å². The highest BCUT2D eigenvalue weighted by molar-refractivity contribution is 6.01. The van der Waals surface area contributed by atoms with Crippen molar-refractivity contribution in [3.63, 3.8) is 0 Å². The average Bonchev–Trinajstić information content (AvgIpc) is 2.73. The summed E-state index contributed by atoms with van der Waals surface area (Å²) in [5.41, 5.74) is 9.96. The van der Waals surface area contributed by atoms with E-state index in [1.54, 1.807) is 10.7 Å². The number of nitrogen functional groups attached to an aromatic ring is 1. The number of hydrogen-bond acceptors (Lipinski definition) is 3. The molecule has 0 atom stereocenters. The minimum absolute atomic E-state index is 0.0341. The van der Waals surface area contributed by atoms with Gasteiger partial charge in [-0.05, 0) is 31.5 Å². The Labute approximate surface area is 113 Å². The molecule has 4 heteroatoms. The highest BCUT2D eigenvalue weighted by Crippen LogP contribution is 2.17. The van der Waals surface area contributed by atoms with E-state index in [1.165, 1.54) is 0 Å². The van der Waals surface area contributed by atoms with Crippen molar-refractivity contribution in [2.45, 2.75) is 26.7 Å². The molecule has 2 aromatic rings. The van der Waals surface area contributed by atoms with E-state index in [2.05, 4.69) is 5.10 Å². The number of carbonyl (C=O) groups excluding carboxylic acids is 1. The van der Waals surface area contributed by atoms with Crippen LogP contribution in [0.4, 0.5) is 5.69 Å². The Balaban J connectivity index is 2.25. The van der Waals surface area contributed by atoms with E-state index >= 15 is 0 Å². The van der Waals surface area contributed by atoms with Crippen LogP contribution in [0.3, 0.4) is 0 Å². The van der Waals surface area contributed by atoms with E-state index < -0.39 is 0 Å². The number of rotatable bonds is 4. The highest BCUT2D eigenvalue weighted by Gasteiger charge is 2.14. The fraction of sp³-hybridized carbons (Fsp3) is 0.333. The molecule has 100 valence electrons. The number of anilines is 1. The SMILES string of the molecule is CCc1cc(CC(=O)c2cc(C)ccc2N)n(C)n1. The van der Waals surface area contributed by atoms with Crippen LogP contribution in [-0.4, -0.2) is 15.6 Å². The fourth-order valence-electron chi connectivity index (χ4n) is 2.08. The number of benzene rings is 1. The molecule has 1 heterocycles. The van der Waals surface area contributed by atoms with Crippen LogP contribution in [0.1, 0.15) is 34.2 Å². The Bertz CT molecular complexity index is 614. The Morgan fingerprint density at radius 3 is 2.74 bits per heavy atom. The summed E-state index contributed by atoms with van der Waals surface area (Å²) in [5.74, 6) is 0.0341. The maximum atomic E-state index is 12.3. The molecule has 0 aliphatic rings. The largest absolute Gasteiger partial charge is 0.398 e. The maximum absolute atomic E-state index is 12.3. The Morgan fingerprint density at radius 1 is 1.37 bits per heavy atom. The van der Waals surface area contributed by atoms with Crippen LogP contribution < -0.4 is 5.73 Å². The van der Waals surface area contributed by atoms with E-state index in [-0.39, 0.29) is 5.78 Å². The van der Waals surface area contributed by atoms with Gasteiger partial charge in [0, 0.05) is 24.0 Å². The van der Waals surface area contributed by atoms with Crippen molar-refractivity contribution in [1.29, 1.82) is 0 Å². The number of Topliss-reactive ketones (excluding diaryl/α,β-unsaturated/α-hetero) is 1. The first-order valence-corrected chi connectivity index (χ1v) is 6.42. The van der Waals surface area contributed by atoms with Gasteiger partial charge in [0.15, 0.2) is 5.78 Å².